The van der Waals surface area contributed by atoms with Gasteiger partial charge in [-0.05, 0) is 49.2 Å². The number of H-pyrrole nitrogens is 1. The number of aromatic nitrogens is 1. The van der Waals surface area contributed by atoms with Crippen molar-refractivity contribution in [1.82, 2.24) is 4.98 Å². The number of carbonyl (C=O) groups is 2. The van der Waals surface area contributed by atoms with Crippen LogP contribution in [0.25, 0.3) is 22.4 Å². The highest BCUT2D eigenvalue weighted by Gasteiger charge is 2.31. The molecule has 0 bridgehead atoms. The SMILES string of the molecule is CCOC(=O)c1c[nH]c(-c2ccc(C(F)(F)F)cc2-c2cccc(C(C)=O)c2)c1. The third-order valence-electron chi connectivity index (χ3n) is 4.41. The number of rotatable bonds is 5. The molecule has 0 unspecified atom stereocenters. The number of Topliss-reactive ketones (excluding diaryl/α,β-unsaturated/α-hetero) is 1. The first-order chi connectivity index (χ1) is 13.7. The Balaban J connectivity index is 2.16. The van der Waals surface area contributed by atoms with Crippen LogP contribution in [0.3, 0.4) is 0 Å². The summed E-state index contributed by atoms with van der Waals surface area (Å²) in [6.45, 7) is 3.28. The van der Waals surface area contributed by atoms with E-state index in [4.69, 9.17) is 4.74 Å². The number of ether oxygens (including phenoxy) is 1. The average Bonchev–Trinajstić information content (AvgIpc) is 3.17. The molecule has 0 radical (unpaired) electrons. The Morgan fingerprint density at radius 3 is 2.41 bits per heavy atom. The van der Waals surface area contributed by atoms with E-state index in [1.807, 2.05) is 0 Å². The quantitative estimate of drug-likeness (QED) is 0.438. The van der Waals surface area contributed by atoms with Crippen LogP contribution in [0, 0.1) is 0 Å². The van der Waals surface area contributed by atoms with E-state index < -0.39 is 17.7 Å². The number of halogens is 3. The Labute approximate surface area is 165 Å². The van der Waals surface area contributed by atoms with Gasteiger partial charge in [-0.2, -0.15) is 13.2 Å². The van der Waals surface area contributed by atoms with Gasteiger partial charge >= 0.3 is 12.1 Å². The summed E-state index contributed by atoms with van der Waals surface area (Å²) in [4.78, 5) is 26.6. The van der Waals surface area contributed by atoms with Crippen LogP contribution in [0.2, 0.25) is 0 Å². The van der Waals surface area contributed by atoms with E-state index in [-0.39, 0.29) is 18.0 Å². The third-order valence-corrected chi connectivity index (χ3v) is 4.41. The molecule has 4 nitrogen and oxygen atoms in total. The number of benzene rings is 2. The molecule has 150 valence electrons. The van der Waals surface area contributed by atoms with E-state index >= 15 is 0 Å². The first-order valence-electron chi connectivity index (χ1n) is 8.89. The van der Waals surface area contributed by atoms with Crippen LogP contribution < -0.4 is 0 Å². The summed E-state index contributed by atoms with van der Waals surface area (Å²) in [5.41, 5.74) is 1.54. The molecule has 1 heterocycles. The summed E-state index contributed by atoms with van der Waals surface area (Å²) in [7, 11) is 0. The number of hydrogen-bond donors (Lipinski definition) is 1. The summed E-state index contributed by atoms with van der Waals surface area (Å²) < 4.78 is 44.8. The lowest BCUT2D eigenvalue weighted by molar-refractivity contribution is -0.137. The topological polar surface area (TPSA) is 59.2 Å². The van der Waals surface area contributed by atoms with Gasteiger partial charge in [0.1, 0.15) is 0 Å². The molecule has 0 aliphatic carbocycles. The van der Waals surface area contributed by atoms with Gasteiger partial charge in [-0.3, -0.25) is 4.79 Å². The number of aromatic amines is 1. The minimum absolute atomic E-state index is 0.190. The lowest BCUT2D eigenvalue weighted by atomic mass is 9.93. The summed E-state index contributed by atoms with van der Waals surface area (Å²) in [5.74, 6) is -0.716. The van der Waals surface area contributed by atoms with Gasteiger partial charge in [-0.25, -0.2) is 4.79 Å². The summed E-state index contributed by atoms with van der Waals surface area (Å²) >= 11 is 0. The fourth-order valence-electron chi connectivity index (χ4n) is 2.98. The van der Waals surface area contributed by atoms with E-state index in [2.05, 4.69) is 4.98 Å². The van der Waals surface area contributed by atoms with Crippen molar-refractivity contribution in [2.75, 3.05) is 6.61 Å². The maximum Gasteiger partial charge on any atom is 0.416 e. The second-order valence-electron chi connectivity index (χ2n) is 6.42. The minimum atomic E-state index is -4.52. The maximum absolute atomic E-state index is 13.3. The Bertz CT molecular complexity index is 1070. The zero-order valence-corrected chi connectivity index (χ0v) is 15.8. The van der Waals surface area contributed by atoms with Gasteiger partial charge in [0.2, 0.25) is 0 Å². The maximum atomic E-state index is 13.3. The fraction of sp³-hybridized carbons (Fsp3) is 0.182. The number of alkyl halides is 3. The first kappa shape index (κ1) is 20.4. The molecule has 0 saturated carbocycles. The van der Waals surface area contributed by atoms with Crippen LogP contribution in [0.1, 0.15) is 40.1 Å². The van der Waals surface area contributed by atoms with Crippen LogP contribution in [-0.4, -0.2) is 23.3 Å². The zero-order valence-electron chi connectivity index (χ0n) is 15.8. The second kappa shape index (κ2) is 7.95. The van der Waals surface area contributed by atoms with Crippen molar-refractivity contribution in [3.8, 4) is 22.4 Å². The number of nitrogens with one attached hydrogen (secondary N) is 1. The molecule has 0 fully saturated rings. The Hall–Kier alpha value is -3.35. The zero-order chi connectivity index (χ0) is 21.2. The largest absolute Gasteiger partial charge is 0.462 e. The molecule has 1 aromatic heterocycles. The molecular weight excluding hydrogens is 383 g/mol. The number of hydrogen-bond acceptors (Lipinski definition) is 3. The first-order valence-corrected chi connectivity index (χ1v) is 8.89. The molecule has 1 N–H and O–H groups in total. The Kier molecular flexibility index (Phi) is 5.59. The molecule has 2 aromatic carbocycles. The van der Waals surface area contributed by atoms with E-state index in [0.717, 1.165) is 12.1 Å². The van der Waals surface area contributed by atoms with Crippen molar-refractivity contribution in [3.05, 3.63) is 71.4 Å². The van der Waals surface area contributed by atoms with Gasteiger partial charge in [0, 0.05) is 23.0 Å². The van der Waals surface area contributed by atoms with E-state index in [9.17, 15) is 22.8 Å². The highest BCUT2D eigenvalue weighted by Crippen LogP contribution is 2.38. The molecule has 0 atom stereocenters. The smallest absolute Gasteiger partial charge is 0.416 e. The fourth-order valence-corrected chi connectivity index (χ4v) is 2.98. The number of carbonyl (C=O) groups excluding carboxylic acids is 2. The van der Waals surface area contributed by atoms with Crippen LogP contribution in [-0.2, 0) is 10.9 Å². The average molecular weight is 401 g/mol. The van der Waals surface area contributed by atoms with Gasteiger partial charge in [0.15, 0.2) is 5.78 Å². The van der Waals surface area contributed by atoms with Crippen molar-refractivity contribution in [1.29, 1.82) is 0 Å². The number of ketones is 1. The van der Waals surface area contributed by atoms with Crippen molar-refractivity contribution < 1.29 is 27.5 Å². The van der Waals surface area contributed by atoms with Crippen molar-refractivity contribution in [3.63, 3.8) is 0 Å². The van der Waals surface area contributed by atoms with E-state index in [1.54, 1.807) is 31.2 Å². The molecule has 3 rings (SSSR count). The van der Waals surface area contributed by atoms with Crippen LogP contribution in [0.4, 0.5) is 13.2 Å². The minimum Gasteiger partial charge on any atom is -0.462 e. The highest BCUT2D eigenvalue weighted by molar-refractivity contribution is 5.96. The molecule has 0 aliphatic rings. The second-order valence-corrected chi connectivity index (χ2v) is 6.42. The molecule has 0 aliphatic heterocycles. The molecule has 0 amide bonds. The van der Waals surface area contributed by atoms with Gasteiger partial charge < -0.3 is 9.72 Å². The van der Waals surface area contributed by atoms with Gasteiger partial charge in [0.05, 0.1) is 17.7 Å². The van der Waals surface area contributed by atoms with Gasteiger partial charge in [0.25, 0.3) is 0 Å². The van der Waals surface area contributed by atoms with Gasteiger partial charge in [-0.1, -0.05) is 24.3 Å². The monoisotopic (exact) mass is 401 g/mol. The van der Waals surface area contributed by atoms with Crippen molar-refractivity contribution >= 4 is 11.8 Å². The third kappa shape index (κ3) is 4.39. The summed E-state index contributed by atoms with van der Waals surface area (Å²) in [5, 5.41) is 0. The predicted molar refractivity (Wildman–Crippen MR) is 103 cm³/mol. The number of esters is 1. The molecule has 29 heavy (non-hydrogen) atoms. The molecule has 0 spiro atoms. The van der Waals surface area contributed by atoms with Crippen LogP contribution in [0.5, 0.6) is 0 Å². The standard InChI is InChI=1S/C22H18F3NO3/c1-3-29-21(28)16-10-20(26-12-16)18-8-7-17(22(23,24)25)11-19(18)15-6-4-5-14(9-15)13(2)27/h4-12,26H,3H2,1-2H3. The van der Waals surface area contributed by atoms with E-state index in [0.29, 0.717) is 27.9 Å². The lowest BCUT2D eigenvalue weighted by Gasteiger charge is -2.14. The Morgan fingerprint density at radius 2 is 1.76 bits per heavy atom. The van der Waals surface area contributed by atoms with Crippen LogP contribution >= 0.6 is 0 Å². The molecule has 7 heteroatoms. The molecule has 0 saturated heterocycles. The molecular formula is C22H18F3NO3. The Morgan fingerprint density at radius 1 is 1.00 bits per heavy atom. The van der Waals surface area contributed by atoms with Crippen LogP contribution in [0.15, 0.2) is 54.7 Å². The van der Waals surface area contributed by atoms with Gasteiger partial charge in [-0.15, -0.1) is 0 Å². The van der Waals surface area contributed by atoms with Crippen molar-refractivity contribution in [2.45, 2.75) is 20.0 Å². The van der Waals surface area contributed by atoms with E-state index in [1.165, 1.54) is 25.3 Å². The summed E-state index contributed by atoms with van der Waals surface area (Å²) in [6, 6.07) is 11.3. The lowest BCUT2D eigenvalue weighted by Crippen LogP contribution is -2.05. The van der Waals surface area contributed by atoms with Crippen molar-refractivity contribution in [2.24, 2.45) is 0 Å². The highest BCUT2D eigenvalue weighted by atomic mass is 19.4. The normalized spacial score (nSPS) is 11.3. The predicted octanol–water partition coefficient (Wildman–Crippen LogP) is 5.75. The molecule has 3 aromatic rings. The summed E-state index contributed by atoms with van der Waals surface area (Å²) in [6.07, 6.45) is -3.07.